The molecule has 1 unspecified atom stereocenters. The average Bonchev–Trinajstić information content (AvgIpc) is 2.65. The third-order valence-electron chi connectivity index (χ3n) is 3.78. The molecule has 2 rings (SSSR count). The summed E-state index contributed by atoms with van der Waals surface area (Å²) in [5, 5.41) is 12.7. The Morgan fingerprint density at radius 1 is 1.30 bits per heavy atom. The van der Waals surface area contributed by atoms with Gasteiger partial charge in [-0.3, -0.25) is 10.1 Å². The van der Waals surface area contributed by atoms with Gasteiger partial charge in [0, 0.05) is 11.1 Å². The second-order valence-corrected chi connectivity index (χ2v) is 5.70. The molecule has 1 aliphatic carbocycles. The highest BCUT2D eigenvalue weighted by Gasteiger charge is 2.26. The molecule has 0 aliphatic heterocycles. The van der Waals surface area contributed by atoms with Crippen molar-refractivity contribution in [3.63, 3.8) is 0 Å². The molecule has 0 bridgehead atoms. The molecule has 1 aromatic carbocycles. The predicted octanol–water partition coefficient (Wildman–Crippen LogP) is 3.92. The number of hydrogen-bond donors (Lipinski definition) is 2. The fourth-order valence-electron chi connectivity index (χ4n) is 2.71. The Morgan fingerprint density at radius 2 is 1.95 bits per heavy atom. The summed E-state index contributed by atoms with van der Waals surface area (Å²) in [6.45, 7) is 0. The predicted molar refractivity (Wildman–Crippen MR) is 76.4 cm³/mol. The molecule has 0 saturated heterocycles. The molecule has 0 radical (unpaired) electrons. The van der Waals surface area contributed by atoms with Gasteiger partial charge in [0.05, 0.1) is 0 Å². The summed E-state index contributed by atoms with van der Waals surface area (Å²) in [5.41, 5.74) is 0.421. The smallest absolute Gasteiger partial charge is 0.325 e. The summed E-state index contributed by atoms with van der Waals surface area (Å²) >= 11 is 5.97. The number of rotatable bonds is 4. The minimum Gasteiger partial charge on any atom is -0.480 e. The summed E-state index contributed by atoms with van der Waals surface area (Å²) in [6, 6.07) is 3.14. The standard InChI is InChI=1S/C15H19ClFNO2/c16-13-9-10(17)7-8-12(13)14(15(19)20)18-11-5-3-1-2-4-6-11/h7-9,11,14,18H,1-6H2,(H,19,20). The van der Waals surface area contributed by atoms with Crippen LogP contribution in [0.2, 0.25) is 5.02 Å². The average molecular weight is 300 g/mol. The van der Waals surface area contributed by atoms with E-state index in [2.05, 4.69) is 5.32 Å². The van der Waals surface area contributed by atoms with Gasteiger partial charge in [-0.1, -0.05) is 43.4 Å². The molecule has 0 spiro atoms. The van der Waals surface area contributed by atoms with Gasteiger partial charge in [-0.25, -0.2) is 4.39 Å². The van der Waals surface area contributed by atoms with Gasteiger partial charge in [0.15, 0.2) is 0 Å². The van der Waals surface area contributed by atoms with Gasteiger partial charge >= 0.3 is 5.97 Å². The van der Waals surface area contributed by atoms with Crippen LogP contribution in [0.4, 0.5) is 4.39 Å². The number of halogens is 2. The first-order valence-corrected chi connectivity index (χ1v) is 7.39. The van der Waals surface area contributed by atoms with Gasteiger partial charge in [-0.05, 0) is 30.5 Å². The Bertz CT molecular complexity index is 473. The molecule has 1 aromatic rings. The number of carboxylic acid groups (broad SMARTS) is 1. The fourth-order valence-corrected chi connectivity index (χ4v) is 2.99. The van der Waals surface area contributed by atoms with Crippen molar-refractivity contribution in [2.45, 2.75) is 50.6 Å². The quantitative estimate of drug-likeness (QED) is 0.829. The largest absolute Gasteiger partial charge is 0.480 e. The minimum atomic E-state index is -0.984. The maximum absolute atomic E-state index is 13.1. The highest BCUT2D eigenvalue weighted by Crippen LogP contribution is 2.27. The van der Waals surface area contributed by atoms with Gasteiger partial charge in [-0.2, -0.15) is 0 Å². The molecule has 3 nitrogen and oxygen atoms in total. The molecule has 1 atom stereocenters. The number of carboxylic acids is 1. The Hall–Kier alpha value is -1.13. The fraction of sp³-hybridized carbons (Fsp3) is 0.533. The van der Waals surface area contributed by atoms with Gasteiger partial charge in [0.25, 0.3) is 0 Å². The van der Waals surface area contributed by atoms with Crippen molar-refractivity contribution < 1.29 is 14.3 Å². The first kappa shape index (κ1) is 15.3. The van der Waals surface area contributed by atoms with E-state index in [4.69, 9.17) is 11.6 Å². The van der Waals surface area contributed by atoms with Crippen LogP contribution in [0.15, 0.2) is 18.2 Å². The summed E-state index contributed by atoms with van der Waals surface area (Å²) in [6.07, 6.45) is 6.58. The first-order valence-electron chi connectivity index (χ1n) is 7.01. The monoisotopic (exact) mass is 299 g/mol. The molecule has 0 aromatic heterocycles. The topological polar surface area (TPSA) is 49.3 Å². The van der Waals surface area contributed by atoms with Crippen LogP contribution in [0.3, 0.4) is 0 Å². The Balaban J connectivity index is 2.15. The zero-order valence-corrected chi connectivity index (χ0v) is 12.0. The Kier molecular flexibility index (Phi) is 5.38. The van der Waals surface area contributed by atoms with E-state index in [0.29, 0.717) is 5.56 Å². The number of hydrogen-bond acceptors (Lipinski definition) is 2. The molecule has 2 N–H and O–H groups in total. The van der Waals surface area contributed by atoms with E-state index in [1.54, 1.807) is 0 Å². The van der Waals surface area contributed by atoms with Crippen LogP contribution in [0.1, 0.15) is 50.1 Å². The molecule has 0 heterocycles. The molecular formula is C15H19ClFNO2. The van der Waals surface area contributed by atoms with E-state index in [-0.39, 0.29) is 11.1 Å². The van der Waals surface area contributed by atoms with Crippen LogP contribution in [-0.2, 0) is 4.79 Å². The molecule has 0 amide bonds. The van der Waals surface area contributed by atoms with E-state index < -0.39 is 17.8 Å². The highest BCUT2D eigenvalue weighted by atomic mass is 35.5. The summed E-state index contributed by atoms with van der Waals surface area (Å²) in [7, 11) is 0. The van der Waals surface area contributed by atoms with Crippen molar-refractivity contribution in [2.75, 3.05) is 0 Å². The molecule has 5 heteroatoms. The van der Waals surface area contributed by atoms with Crippen LogP contribution in [0.5, 0.6) is 0 Å². The van der Waals surface area contributed by atoms with Crippen molar-refractivity contribution >= 4 is 17.6 Å². The molecule has 1 fully saturated rings. The molecule has 20 heavy (non-hydrogen) atoms. The Morgan fingerprint density at radius 3 is 2.50 bits per heavy atom. The van der Waals surface area contributed by atoms with Crippen LogP contribution in [-0.4, -0.2) is 17.1 Å². The third kappa shape index (κ3) is 3.93. The zero-order valence-electron chi connectivity index (χ0n) is 11.2. The van der Waals surface area contributed by atoms with Gasteiger partial charge in [0.2, 0.25) is 0 Å². The van der Waals surface area contributed by atoms with Crippen LogP contribution < -0.4 is 5.32 Å². The maximum atomic E-state index is 13.1. The van der Waals surface area contributed by atoms with Crippen molar-refractivity contribution in [1.29, 1.82) is 0 Å². The zero-order chi connectivity index (χ0) is 14.5. The van der Waals surface area contributed by atoms with Crippen molar-refractivity contribution in [1.82, 2.24) is 5.32 Å². The number of aliphatic carboxylic acids is 1. The SMILES string of the molecule is O=C(O)C(NC1CCCCCC1)c1ccc(F)cc1Cl. The van der Waals surface area contributed by atoms with Crippen LogP contribution >= 0.6 is 11.6 Å². The molecule has 110 valence electrons. The summed E-state index contributed by atoms with van der Waals surface area (Å²) in [4.78, 5) is 11.5. The highest BCUT2D eigenvalue weighted by molar-refractivity contribution is 6.31. The molecule has 1 saturated carbocycles. The normalized spacial score (nSPS) is 18.5. The second kappa shape index (κ2) is 7.04. The lowest BCUT2D eigenvalue weighted by molar-refractivity contribution is -0.140. The summed E-state index contributed by atoms with van der Waals surface area (Å²) < 4.78 is 13.1. The first-order chi connectivity index (χ1) is 9.58. The van der Waals surface area contributed by atoms with Crippen molar-refractivity contribution in [3.05, 3.63) is 34.6 Å². The van der Waals surface area contributed by atoms with Crippen molar-refractivity contribution in [2.24, 2.45) is 0 Å². The molecular weight excluding hydrogens is 281 g/mol. The van der Waals surface area contributed by atoms with Gasteiger partial charge in [-0.15, -0.1) is 0 Å². The van der Waals surface area contributed by atoms with Crippen molar-refractivity contribution in [3.8, 4) is 0 Å². The van der Waals surface area contributed by atoms with Crippen LogP contribution in [0, 0.1) is 5.82 Å². The minimum absolute atomic E-state index is 0.151. The molecule has 1 aliphatic rings. The number of nitrogens with one attached hydrogen (secondary N) is 1. The van der Waals surface area contributed by atoms with E-state index in [0.717, 1.165) is 31.7 Å². The third-order valence-corrected chi connectivity index (χ3v) is 4.11. The lowest BCUT2D eigenvalue weighted by Gasteiger charge is -2.23. The lowest BCUT2D eigenvalue weighted by atomic mass is 10.0. The van der Waals surface area contributed by atoms with E-state index >= 15 is 0 Å². The number of carbonyl (C=O) groups is 1. The van der Waals surface area contributed by atoms with Gasteiger partial charge in [0.1, 0.15) is 11.9 Å². The second-order valence-electron chi connectivity index (χ2n) is 5.29. The lowest BCUT2D eigenvalue weighted by Crippen LogP contribution is -2.37. The van der Waals surface area contributed by atoms with E-state index in [9.17, 15) is 14.3 Å². The number of benzene rings is 1. The van der Waals surface area contributed by atoms with Gasteiger partial charge < -0.3 is 5.11 Å². The maximum Gasteiger partial charge on any atom is 0.325 e. The van der Waals surface area contributed by atoms with E-state index in [1.807, 2.05) is 0 Å². The Labute approximate surface area is 123 Å². The van der Waals surface area contributed by atoms with Crippen LogP contribution in [0.25, 0.3) is 0 Å². The van der Waals surface area contributed by atoms with E-state index in [1.165, 1.54) is 25.0 Å². The summed E-state index contributed by atoms with van der Waals surface area (Å²) in [5.74, 6) is -1.44.